The molecule has 2 aromatic carbocycles. The Bertz CT molecular complexity index is 525. The van der Waals surface area contributed by atoms with E-state index in [-0.39, 0.29) is 6.04 Å². The van der Waals surface area contributed by atoms with Gasteiger partial charge in [0.2, 0.25) is 0 Å². The van der Waals surface area contributed by atoms with Gasteiger partial charge in [-0.2, -0.15) is 0 Å². The fourth-order valence-electron chi connectivity index (χ4n) is 1.88. The lowest BCUT2D eigenvalue weighted by atomic mass is 10.0. The predicted octanol–water partition coefficient (Wildman–Crippen LogP) is 4.33. The molecule has 0 aliphatic carbocycles. The molecule has 1 unspecified atom stereocenters. The number of para-hydroxylation sites is 1. The summed E-state index contributed by atoms with van der Waals surface area (Å²) < 4.78 is 5.86. The monoisotopic (exact) mass is 275 g/mol. The Kier molecular flexibility index (Phi) is 4.83. The predicted molar refractivity (Wildman–Crippen MR) is 79.4 cm³/mol. The molecule has 0 saturated heterocycles. The largest absolute Gasteiger partial charge is 0.489 e. The van der Waals surface area contributed by atoms with Crippen LogP contribution in [0.3, 0.4) is 0 Å². The topological polar surface area (TPSA) is 35.2 Å². The highest BCUT2D eigenvalue weighted by Gasteiger charge is 2.09. The van der Waals surface area contributed by atoms with Gasteiger partial charge in [-0.1, -0.05) is 48.9 Å². The summed E-state index contributed by atoms with van der Waals surface area (Å²) in [6, 6.07) is 15.6. The van der Waals surface area contributed by atoms with E-state index in [9.17, 15) is 0 Å². The van der Waals surface area contributed by atoms with E-state index in [1.807, 2.05) is 48.5 Å². The molecule has 0 radical (unpaired) electrons. The molecule has 0 amide bonds. The first-order valence-corrected chi connectivity index (χ1v) is 6.80. The summed E-state index contributed by atoms with van der Waals surface area (Å²) in [5.74, 6) is 0.854. The molecular weight excluding hydrogens is 258 g/mol. The maximum absolute atomic E-state index is 6.09. The molecule has 1 atom stereocenters. The van der Waals surface area contributed by atoms with Crippen LogP contribution in [-0.4, -0.2) is 0 Å². The average molecular weight is 276 g/mol. The summed E-state index contributed by atoms with van der Waals surface area (Å²) in [6.07, 6.45) is 0.890. The van der Waals surface area contributed by atoms with Crippen molar-refractivity contribution in [3.8, 4) is 5.75 Å². The van der Waals surface area contributed by atoms with Crippen LogP contribution in [0.2, 0.25) is 5.02 Å². The smallest absolute Gasteiger partial charge is 0.124 e. The SMILES string of the molecule is CCC(N)c1ccccc1OCc1ccc(Cl)cc1. The summed E-state index contributed by atoms with van der Waals surface area (Å²) in [5, 5.41) is 0.733. The van der Waals surface area contributed by atoms with Crippen LogP contribution in [0, 0.1) is 0 Å². The van der Waals surface area contributed by atoms with Gasteiger partial charge in [0.25, 0.3) is 0 Å². The van der Waals surface area contributed by atoms with Gasteiger partial charge in [0.1, 0.15) is 12.4 Å². The molecule has 100 valence electrons. The van der Waals surface area contributed by atoms with E-state index in [4.69, 9.17) is 22.1 Å². The molecule has 2 nitrogen and oxygen atoms in total. The molecule has 0 aromatic heterocycles. The van der Waals surface area contributed by atoms with Crippen molar-refractivity contribution in [2.24, 2.45) is 5.73 Å². The Hall–Kier alpha value is -1.51. The van der Waals surface area contributed by atoms with Gasteiger partial charge in [-0.25, -0.2) is 0 Å². The molecule has 0 aliphatic heterocycles. The normalized spacial score (nSPS) is 12.2. The van der Waals surface area contributed by atoms with Crippen LogP contribution in [0.15, 0.2) is 48.5 Å². The molecule has 2 N–H and O–H groups in total. The lowest BCUT2D eigenvalue weighted by Crippen LogP contribution is -2.10. The molecule has 2 aromatic rings. The maximum atomic E-state index is 6.09. The van der Waals surface area contributed by atoms with Gasteiger partial charge in [0, 0.05) is 16.6 Å². The second kappa shape index (κ2) is 6.60. The molecule has 19 heavy (non-hydrogen) atoms. The Balaban J connectivity index is 2.09. The minimum atomic E-state index is 0.0152. The van der Waals surface area contributed by atoms with Gasteiger partial charge in [0.15, 0.2) is 0 Å². The lowest BCUT2D eigenvalue weighted by Gasteiger charge is -2.15. The first-order chi connectivity index (χ1) is 9.20. The van der Waals surface area contributed by atoms with E-state index in [1.54, 1.807) is 0 Å². The molecule has 2 rings (SSSR count). The summed E-state index contributed by atoms with van der Waals surface area (Å²) in [5.41, 5.74) is 8.23. The van der Waals surface area contributed by atoms with Crippen molar-refractivity contribution < 1.29 is 4.74 Å². The average Bonchev–Trinajstić information content (AvgIpc) is 2.46. The molecule has 0 saturated carbocycles. The lowest BCUT2D eigenvalue weighted by molar-refractivity contribution is 0.300. The zero-order valence-corrected chi connectivity index (χ0v) is 11.7. The highest BCUT2D eigenvalue weighted by atomic mass is 35.5. The van der Waals surface area contributed by atoms with Crippen LogP contribution in [0.1, 0.15) is 30.5 Å². The minimum Gasteiger partial charge on any atom is -0.489 e. The van der Waals surface area contributed by atoms with Crippen LogP contribution in [-0.2, 0) is 6.61 Å². The molecule has 0 aliphatic rings. The maximum Gasteiger partial charge on any atom is 0.124 e. The molecule has 0 heterocycles. The van der Waals surface area contributed by atoms with Crippen molar-refractivity contribution in [2.75, 3.05) is 0 Å². The molecule has 0 fully saturated rings. The summed E-state index contributed by atoms with van der Waals surface area (Å²) in [4.78, 5) is 0. The van der Waals surface area contributed by atoms with E-state index in [0.29, 0.717) is 6.61 Å². The quantitative estimate of drug-likeness (QED) is 0.881. The third-order valence-corrected chi connectivity index (χ3v) is 3.32. The van der Waals surface area contributed by atoms with Crippen molar-refractivity contribution in [1.82, 2.24) is 0 Å². The number of nitrogens with two attached hydrogens (primary N) is 1. The molecule has 0 bridgehead atoms. The number of rotatable bonds is 5. The second-order valence-electron chi connectivity index (χ2n) is 4.47. The van der Waals surface area contributed by atoms with Crippen molar-refractivity contribution >= 4 is 11.6 Å². The Morgan fingerprint density at radius 1 is 1.11 bits per heavy atom. The van der Waals surface area contributed by atoms with Crippen LogP contribution >= 0.6 is 11.6 Å². The summed E-state index contributed by atoms with van der Waals surface area (Å²) in [7, 11) is 0. The molecule has 0 spiro atoms. The Morgan fingerprint density at radius 3 is 2.47 bits per heavy atom. The Labute approximate surface area is 119 Å². The number of hydrogen-bond donors (Lipinski definition) is 1. The first-order valence-electron chi connectivity index (χ1n) is 6.42. The van der Waals surface area contributed by atoms with Gasteiger partial charge >= 0.3 is 0 Å². The van der Waals surface area contributed by atoms with Crippen molar-refractivity contribution in [3.05, 3.63) is 64.7 Å². The van der Waals surface area contributed by atoms with E-state index < -0.39 is 0 Å². The third-order valence-electron chi connectivity index (χ3n) is 3.07. The fraction of sp³-hybridized carbons (Fsp3) is 0.250. The van der Waals surface area contributed by atoms with Crippen LogP contribution in [0.25, 0.3) is 0 Å². The standard InChI is InChI=1S/C16H18ClNO/c1-2-15(18)14-5-3-4-6-16(14)19-11-12-7-9-13(17)10-8-12/h3-10,15H,2,11,18H2,1H3. The van der Waals surface area contributed by atoms with Crippen molar-refractivity contribution in [2.45, 2.75) is 26.0 Å². The van der Waals surface area contributed by atoms with Crippen LogP contribution in [0.4, 0.5) is 0 Å². The summed E-state index contributed by atoms with van der Waals surface area (Å²) in [6.45, 7) is 2.59. The fourth-order valence-corrected chi connectivity index (χ4v) is 2.01. The van der Waals surface area contributed by atoms with Gasteiger partial charge in [-0.15, -0.1) is 0 Å². The number of hydrogen-bond acceptors (Lipinski definition) is 2. The van der Waals surface area contributed by atoms with Gasteiger partial charge < -0.3 is 10.5 Å². The second-order valence-corrected chi connectivity index (χ2v) is 4.90. The Morgan fingerprint density at radius 2 is 1.79 bits per heavy atom. The number of benzene rings is 2. The van der Waals surface area contributed by atoms with Crippen LogP contribution < -0.4 is 10.5 Å². The van der Waals surface area contributed by atoms with Crippen molar-refractivity contribution in [3.63, 3.8) is 0 Å². The highest BCUT2D eigenvalue weighted by Crippen LogP contribution is 2.26. The molecule has 3 heteroatoms. The zero-order valence-electron chi connectivity index (χ0n) is 11.0. The van der Waals surface area contributed by atoms with Gasteiger partial charge in [-0.3, -0.25) is 0 Å². The minimum absolute atomic E-state index is 0.0152. The number of ether oxygens (including phenoxy) is 1. The first kappa shape index (κ1) is 13.9. The van der Waals surface area contributed by atoms with Gasteiger partial charge in [-0.05, 0) is 30.2 Å². The van der Waals surface area contributed by atoms with Crippen LogP contribution in [0.5, 0.6) is 5.75 Å². The van der Waals surface area contributed by atoms with E-state index in [1.165, 1.54) is 0 Å². The number of halogens is 1. The van der Waals surface area contributed by atoms with Crippen molar-refractivity contribution in [1.29, 1.82) is 0 Å². The zero-order chi connectivity index (χ0) is 13.7. The molecular formula is C16H18ClNO. The summed E-state index contributed by atoms with van der Waals surface area (Å²) >= 11 is 5.86. The third kappa shape index (κ3) is 3.72. The highest BCUT2D eigenvalue weighted by molar-refractivity contribution is 6.30. The van der Waals surface area contributed by atoms with Gasteiger partial charge in [0.05, 0.1) is 0 Å². The van der Waals surface area contributed by atoms with E-state index in [0.717, 1.165) is 28.3 Å². The van der Waals surface area contributed by atoms with E-state index >= 15 is 0 Å². The van der Waals surface area contributed by atoms with E-state index in [2.05, 4.69) is 6.92 Å².